The molecule has 5 nitrogen and oxygen atoms in total. The van der Waals surface area contributed by atoms with Crippen molar-refractivity contribution in [3.63, 3.8) is 0 Å². The molecule has 0 aliphatic heterocycles. The number of aromatic nitrogens is 2. The first-order valence-electron chi connectivity index (χ1n) is 8.60. The Balaban J connectivity index is 1.43. The molecule has 0 spiro atoms. The SMILES string of the molecule is O=C(OCc1ccc(Br)cc1)c1ccc(-c2nnc(-c3ccccc3)o2)cc1. The summed E-state index contributed by atoms with van der Waals surface area (Å²) in [4.78, 5) is 12.2. The second-order valence-electron chi connectivity index (χ2n) is 6.06. The first-order chi connectivity index (χ1) is 13.7. The van der Waals surface area contributed by atoms with Gasteiger partial charge in [0.15, 0.2) is 0 Å². The zero-order valence-electron chi connectivity index (χ0n) is 14.7. The van der Waals surface area contributed by atoms with Crippen molar-refractivity contribution in [1.82, 2.24) is 10.2 Å². The van der Waals surface area contributed by atoms with E-state index < -0.39 is 0 Å². The Morgan fingerprint density at radius 3 is 2.07 bits per heavy atom. The van der Waals surface area contributed by atoms with Crippen molar-refractivity contribution in [3.8, 4) is 22.9 Å². The first kappa shape index (κ1) is 18.1. The van der Waals surface area contributed by atoms with Gasteiger partial charge in [-0.3, -0.25) is 0 Å². The van der Waals surface area contributed by atoms with Gasteiger partial charge in [0.05, 0.1) is 5.56 Å². The van der Waals surface area contributed by atoms with Crippen molar-refractivity contribution >= 4 is 21.9 Å². The number of hydrogen-bond acceptors (Lipinski definition) is 5. The molecule has 0 amide bonds. The summed E-state index contributed by atoms with van der Waals surface area (Å²) in [5.74, 6) is 0.465. The lowest BCUT2D eigenvalue weighted by atomic mass is 10.1. The zero-order valence-corrected chi connectivity index (χ0v) is 16.3. The van der Waals surface area contributed by atoms with Crippen LogP contribution >= 0.6 is 15.9 Å². The second-order valence-corrected chi connectivity index (χ2v) is 6.97. The van der Waals surface area contributed by atoms with Crippen LogP contribution in [0.3, 0.4) is 0 Å². The van der Waals surface area contributed by atoms with Gasteiger partial charge >= 0.3 is 5.97 Å². The van der Waals surface area contributed by atoms with Gasteiger partial charge in [0.25, 0.3) is 0 Å². The van der Waals surface area contributed by atoms with Gasteiger partial charge < -0.3 is 9.15 Å². The maximum absolute atomic E-state index is 12.2. The molecule has 4 rings (SSSR count). The Morgan fingerprint density at radius 1 is 0.821 bits per heavy atom. The number of rotatable bonds is 5. The van der Waals surface area contributed by atoms with Gasteiger partial charge in [-0.1, -0.05) is 46.3 Å². The molecular weight excluding hydrogens is 420 g/mol. The Bertz CT molecular complexity index is 1070. The molecule has 28 heavy (non-hydrogen) atoms. The van der Waals surface area contributed by atoms with Crippen LogP contribution in [-0.4, -0.2) is 16.2 Å². The monoisotopic (exact) mass is 434 g/mol. The second kappa shape index (κ2) is 8.19. The average Bonchev–Trinajstić information content (AvgIpc) is 3.24. The van der Waals surface area contributed by atoms with Crippen molar-refractivity contribution in [2.45, 2.75) is 6.61 Å². The largest absolute Gasteiger partial charge is 0.457 e. The van der Waals surface area contributed by atoms with Crippen molar-refractivity contribution in [3.05, 3.63) is 94.5 Å². The molecule has 0 radical (unpaired) electrons. The number of carbonyl (C=O) groups is 1. The molecule has 0 saturated heterocycles. The summed E-state index contributed by atoms with van der Waals surface area (Å²) in [6.07, 6.45) is 0. The predicted octanol–water partition coefficient (Wildman–Crippen LogP) is 5.52. The minimum Gasteiger partial charge on any atom is -0.457 e. The standard InChI is InChI=1S/C22H15BrN2O3/c23-19-12-6-15(7-13-19)14-27-22(26)18-10-8-17(9-11-18)21-25-24-20(28-21)16-4-2-1-3-5-16/h1-13H,14H2. The molecule has 0 saturated carbocycles. The van der Waals surface area contributed by atoms with Crippen molar-refractivity contribution in [1.29, 1.82) is 0 Å². The summed E-state index contributed by atoms with van der Waals surface area (Å²) in [5.41, 5.74) is 2.98. The minimum absolute atomic E-state index is 0.220. The average molecular weight is 435 g/mol. The maximum atomic E-state index is 12.2. The number of hydrogen-bond donors (Lipinski definition) is 0. The molecule has 1 aromatic heterocycles. The molecule has 0 fully saturated rings. The van der Waals surface area contributed by atoms with Crippen molar-refractivity contribution < 1.29 is 13.9 Å². The summed E-state index contributed by atoms with van der Waals surface area (Å²) < 4.78 is 12.1. The fourth-order valence-electron chi connectivity index (χ4n) is 2.60. The van der Waals surface area contributed by atoms with E-state index in [0.29, 0.717) is 17.3 Å². The molecule has 0 aliphatic carbocycles. The third-order valence-electron chi connectivity index (χ3n) is 4.10. The van der Waals surface area contributed by atoms with E-state index in [4.69, 9.17) is 9.15 Å². The quantitative estimate of drug-likeness (QED) is 0.386. The highest BCUT2D eigenvalue weighted by Gasteiger charge is 2.12. The third-order valence-corrected chi connectivity index (χ3v) is 4.63. The molecule has 138 valence electrons. The van der Waals surface area contributed by atoms with Crippen molar-refractivity contribution in [2.24, 2.45) is 0 Å². The predicted molar refractivity (Wildman–Crippen MR) is 108 cm³/mol. The zero-order chi connectivity index (χ0) is 19.3. The molecule has 3 aromatic carbocycles. The Labute approximate surface area is 170 Å². The lowest BCUT2D eigenvalue weighted by molar-refractivity contribution is 0.0472. The van der Waals surface area contributed by atoms with Crippen LogP contribution in [0.5, 0.6) is 0 Å². The Hall–Kier alpha value is -3.25. The molecule has 0 atom stereocenters. The highest BCUT2D eigenvalue weighted by atomic mass is 79.9. The van der Waals surface area contributed by atoms with Crippen LogP contribution in [0.4, 0.5) is 0 Å². The number of ether oxygens (including phenoxy) is 1. The Kier molecular flexibility index (Phi) is 5.30. The van der Waals surface area contributed by atoms with Gasteiger partial charge in [-0.15, -0.1) is 10.2 Å². The summed E-state index contributed by atoms with van der Waals surface area (Å²) in [7, 11) is 0. The first-order valence-corrected chi connectivity index (χ1v) is 9.39. The fraction of sp³-hybridized carbons (Fsp3) is 0.0455. The van der Waals surface area contributed by atoms with Crippen LogP contribution in [0.2, 0.25) is 0 Å². The van der Waals surface area contributed by atoms with E-state index in [1.807, 2.05) is 54.6 Å². The van der Waals surface area contributed by atoms with E-state index >= 15 is 0 Å². The lowest BCUT2D eigenvalue weighted by Crippen LogP contribution is -2.05. The van der Waals surface area contributed by atoms with Gasteiger partial charge in [-0.25, -0.2) is 4.79 Å². The van der Waals surface area contributed by atoms with E-state index in [2.05, 4.69) is 26.1 Å². The number of esters is 1. The minimum atomic E-state index is -0.384. The smallest absolute Gasteiger partial charge is 0.338 e. The van der Waals surface area contributed by atoms with Gasteiger partial charge in [0.2, 0.25) is 11.8 Å². The molecule has 4 aromatic rings. The summed E-state index contributed by atoms with van der Waals surface area (Å²) in [5, 5.41) is 8.16. The van der Waals surface area contributed by atoms with E-state index in [1.165, 1.54) is 0 Å². The normalized spacial score (nSPS) is 10.6. The lowest BCUT2D eigenvalue weighted by Gasteiger charge is -2.05. The van der Waals surface area contributed by atoms with Gasteiger partial charge in [-0.2, -0.15) is 0 Å². The van der Waals surface area contributed by atoms with Crippen LogP contribution in [0.15, 0.2) is 87.8 Å². The number of halogens is 1. The van der Waals surface area contributed by atoms with E-state index in [9.17, 15) is 4.79 Å². The topological polar surface area (TPSA) is 65.2 Å². The summed E-state index contributed by atoms with van der Waals surface area (Å²) >= 11 is 3.38. The molecule has 0 N–H and O–H groups in total. The number of carbonyl (C=O) groups excluding carboxylic acids is 1. The van der Waals surface area contributed by atoms with Crippen LogP contribution in [0, 0.1) is 0 Å². The van der Waals surface area contributed by atoms with Gasteiger partial charge in [0.1, 0.15) is 6.61 Å². The summed E-state index contributed by atoms with van der Waals surface area (Å²) in [6, 6.07) is 24.1. The summed E-state index contributed by atoms with van der Waals surface area (Å²) in [6.45, 7) is 0.220. The molecule has 0 bridgehead atoms. The fourth-order valence-corrected chi connectivity index (χ4v) is 2.86. The third kappa shape index (κ3) is 4.18. The van der Waals surface area contributed by atoms with Crippen LogP contribution in [-0.2, 0) is 11.3 Å². The molecule has 6 heteroatoms. The van der Waals surface area contributed by atoms with Gasteiger partial charge in [-0.05, 0) is 54.1 Å². The number of benzene rings is 3. The molecule has 1 heterocycles. The molecule has 0 unspecified atom stereocenters. The van der Waals surface area contributed by atoms with Crippen LogP contribution in [0.25, 0.3) is 22.9 Å². The van der Waals surface area contributed by atoms with E-state index in [0.717, 1.165) is 21.2 Å². The number of nitrogens with zero attached hydrogens (tertiary/aromatic N) is 2. The molecular formula is C22H15BrN2O3. The van der Waals surface area contributed by atoms with Crippen LogP contribution in [0.1, 0.15) is 15.9 Å². The highest BCUT2D eigenvalue weighted by Crippen LogP contribution is 2.24. The highest BCUT2D eigenvalue weighted by molar-refractivity contribution is 9.10. The Morgan fingerprint density at radius 2 is 1.43 bits per heavy atom. The molecule has 0 aliphatic rings. The van der Waals surface area contributed by atoms with E-state index in [1.54, 1.807) is 24.3 Å². The van der Waals surface area contributed by atoms with E-state index in [-0.39, 0.29) is 12.6 Å². The van der Waals surface area contributed by atoms with Gasteiger partial charge in [0, 0.05) is 15.6 Å². The maximum Gasteiger partial charge on any atom is 0.338 e. The van der Waals surface area contributed by atoms with Crippen molar-refractivity contribution in [2.75, 3.05) is 0 Å². The van der Waals surface area contributed by atoms with Crippen LogP contribution < -0.4 is 0 Å².